The highest BCUT2D eigenvalue weighted by Gasteiger charge is 2.46. The Labute approximate surface area is 386 Å². The van der Waals surface area contributed by atoms with Gasteiger partial charge in [-0.05, 0) is 127 Å². The first-order chi connectivity index (χ1) is 32.5. The van der Waals surface area contributed by atoms with Crippen LogP contribution in [0.3, 0.4) is 0 Å². The van der Waals surface area contributed by atoms with Gasteiger partial charge in [-0.25, -0.2) is 0 Å². The van der Waals surface area contributed by atoms with Crippen LogP contribution in [0.1, 0.15) is 47.2 Å². The Hall–Kier alpha value is -8.20. The van der Waals surface area contributed by atoms with Crippen LogP contribution in [0, 0.1) is 0 Å². The van der Waals surface area contributed by atoms with E-state index in [1.165, 1.54) is 94.1 Å². The summed E-state index contributed by atoms with van der Waals surface area (Å²) in [5.41, 5.74) is 20.4. The van der Waals surface area contributed by atoms with Gasteiger partial charge in [-0.3, -0.25) is 0 Å². The first kappa shape index (κ1) is 38.3. The van der Waals surface area contributed by atoms with Crippen molar-refractivity contribution in [2.45, 2.75) is 24.7 Å². The van der Waals surface area contributed by atoms with Gasteiger partial charge in [0.1, 0.15) is 0 Å². The Morgan fingerprint density at radius 3 is 1.59 bits per heavy atom. The van der Waals surface area contributed by atoms with Crippen molar-refractivity contribution in [2.24, 2.45) is 0 Å². The molecule has 0 saturated carbocycles. The van der Waals surface area contributed by atoms with Gasteiger partial charge in [-0.15, -0.1) is 0 Å². The largest absolute Gasteiger partial charge is 0.316 e. The van der Waals surface area contributed by atoms with Crippen molar-refractivity contribution in [3.05, 3.63) is 276 Å². The third-order valence-electron chi connectivity index (χ3n) is 14.7. The molecule has 1 aromatic heterocycles. The molecule has 2 heteroatoms. The summed E-state index contributed by atoms with van der Waals surface area (Å²) in [7, 11) is 0. The molecule has 13 rings (SSSR count). The van der Waals surface area contributed by atoms with Crippen molar-refractivity contribution < 1.29 is 0 Å². The lowest BCUT2D eigenvalue weighted by atomic mass is 9.67. The van der Waals surface area contributed by atoms with Gasteiger partial charge in [0, 0.05) is 45.1 Å². The molecule has 312 valence electrons. The lowest BCUT2D eigenvalue weighted by Crippen LogP contribution is -2.28. The zero-order valence-corrected chi connectivity index (χ0v) is 37.0. The summed E-state index contributed by atoms with van der Waals surface area (Å²) in [5, 5.41) is 3.77. The molecule has 2 aliphatic carbocycles. The Kier molecular flexibility index (Phi) is 8.51. The van der Waals surface area contributed by atoms with Gasteiger partial charge in [0.2, 0.25) is 0 Å². The standard InChI is InChI=1S/C64H46N2/c1-63(2)59-40-50(65-39-38-46-27-26-45-18-12-13-23-53(45)62(46)65)32-35-55(59)56-36-33-51(41-60(56)63)66(49-30-28-44(29-31-49)43-16-6-3-7-17-43)52-34-37-57-54-24-14-15-25-58(54)64(61(57)42-52,47-19-8-4-9-20-47)48-21-10-5-11-22-48/h3-42H,1-2H3. The third-order valence-corrected chi connectivity index (χ3v) is 14.7. The topological polar surface area (TPSA) is 8.17 Å². The number of hydrogen-bond acceptors (Lipinski definition) is 1. The molecule has 0 N–H and O–H groups in total. The molecule has 2 nitrogen and oxygen atoms in total. The fourth-order valence-electron chi connectivity index (χ4n) is 11.6. The van der Waals surface area contributed by atoms with Crippen LogP contribution in [0.5, 0.6) is 0 Å². The maximum absolute atomic E-state index is 2.48. The van der Waals surface area contributed by atoms with Crippen LogP contribution in [-0.4, -0.2) is 4.57 Å². The maximum Gasteiger partial charge on any atom is 0.0714 e. The Bertz CT molecular complexity index is 3620. The Morgan fingerprint density at radius 1 is 0.364 bits per heavy atom. The molecule has 66 heavy (non-hydrogen) atoms. The monoisotopic (exact) mass is 842 g/mol. The lowest BCUT2D eigenvalue weighted by molar-refractivity contribution is 0.660. The molecule has 1 heterocycles. The summed E-state index contributed by atoms with van der Waals surface area (Å²) in [6, 6.07) is 87.8. The van der Waals surface area contributed by atoms with E-state index in [4.69, 9.17) is 0 Å². The van der Waals surface area contributed by atoms with Gasteiger partial charge in [0.05, 0.1) is 10.9 Å². The molecular formula is C64H46N2. The summed E-state index contributed by atoms with van der Waals surface area (Å²) >= 11 is 0. The van der Waals surface area contributed by atoms with Crippen LogP contribution in [0.25, 0.3) is 60.7 Å². The quantitative estimate of drug-likeness (QED) is 0.155. The molecule has 0 unspecified atom stereocenters. The van der Waals surface area contributed by atoms with E-state index in [1.54, 1.807) is 0 Å². The smallest absolute Gasteiger partial charge is 0.0714 e. The van der Waals surface area contributed by atoms with Crippen LogP contribution in [0.15, 0.2) is 243 Å². The second-order valence-electron chi connectivity index (χ2n) is 18.5. The van der Waals surface area contributed by atoms with Crippen molar-refractivity contribution in [1.82, 2.24) is 4.57 Å². The van der Waals surface area contributed by atoms with E-state index in [1.807, 2.05) is 0 Å². The predicted octanol–water partition coefficient (Wildman–Crippen LogP) is 16.6. The van der Waals surface area contributed by atoms with E-state index in [0.717, 1.165) is 17.1 Å². The molecule has 2 aliphatic rings. The third kappa shape index (κ3) is 5.61. The minimum atomic E-state index is -0.510. The van der Waals surface area contributed by atoms with E-state index in [-0.39, 0.29) is 5.41 Å². The van der Waals surface area contributed by atoms with Crippen LogP contribution in [0.4, 0.5) is 17.1 Å². The van der Waals surface area contributed by atoms with E-state index in [2.05, 4.69) is 266 Å². The van der Waals surface area contributed by atoms with E-state index in [9.17, 15) is 0 Å². The SMILES string of the molecule is CC1(C)c2cc(N(c3ccc(-c4ccccc4)cc3)c3ccc4c(c3)C(c3ccccc3)(c3ccccc3)c3ccccc3-4)ccc2-c2ccc(-n3ccc4ccc5ccccc5c43)cc21. The summed E-state index contributed by atoms with van der Waals surface area (Å²) in [5.74, 6) is 0. The van der Waals surface area contributed by atoms with Gasteiger partial charge in [0.15, 0.2) is 0 Å². The first-order valence-electron chi connectivity index (χ1n) is 23.1. The zero-order chi connectivity index (χ0) is 44.0. The first-order valence-corrected chi connectivity index (χ1v) is 23.1. The molecule has 0 aliphatic heterocycles. The molecule has 0 radical (unpaired) electrons. The van der Waals surface area contributed by atoms with Crippen molar-refractivity contribution in [3.63, 3.8) is 0 Å². The van der Waals surface area contributed by atoms with Crippen LogP contribution < -0.4 is 4.90 Å². The summed E-state index contributed by atoms with van der Waals surface area (Å²) in [6.07, 6.45) is 2.23. The molecule has 11 aromatic rings. The number of rotatable bonds is 7. The van der Waals surface area contributed by atoms with Gasteiger partial charge >= 0.3 is 0 Å². The second kappa shape index (κ2) is 14.7. The number of fused-ring (bicyclic) bond motifs is 9. The highest BCUT2D eigenvalue weighted by molar-refractivity contribution is 6.06. The van der Waals surface area contributed by atoms with Crippen LogP contribution >= 0.6 is 0 Å². The van der Waals surface area contributed by atoms with Gasteiger partial charge in [-0.1, -0.05) is 196 Å². The van der Waals surface area contributed by atoms with Crippen LogP contribution in [-0.2, 0) is 10.8 Å². The fraction of sp³-hybridized carbons (Fsp3) is 0.0625. The molecule has 0 bridgehead atoms. The van der Waals surface area contributed by atoms with E-state index in [0.29, 0.717) is 0 Å². The molecule has 10 aromatic carbocycles. The number of nitrogens with zero attached hydrogens (tertiary/aromatic N) is 2. The van der Waals surface area contributed by atoms with E-state index >= 15 is 0 Å². The zero-order valence-electron chi connectivity index (χ0n) is 37.0. The molecule has 0 fully saturated rings. The second-order valence-corrected chi connectivity index (χ2v) is 18.5. The molecule has 0 atom stereocenters. The average molecular weight is 843 g/mol. The van der Waals surface area contributed by atoms with Crippen molar-refractivity contribution in [3.8, 4) is 39.1 Å². The Balaban J connectivity index is 0.984. The molecule has 0 spiro atoms. The normalized spacial score (nSPS) is 13.8. The summed E-state index contributed by atoms with van der Waals surface area (Å²) in [4.78, 5) is 2.47. The minimum Gasteiger partial charge on any atom is -0.316 e. The van der Waals surface area contributed by atoms with Crippen LogP contribution in [0.2, 0.25) is 0 Å². The average Bonchev–Trinajstić information content (AvgIpc) is 4.02. The number of benzene rings is 10. The molecule has 0 amide bonds. The van der Waals surface area contributed by atoms with Crippen molar-refractivity contribution in [2.75, 3.05) is 4.90 Å². The van der Waals surface area contributed by atoms with E-state index < -0.39 is 5.41 Å². The van der Waals surface area contributed by atoms with Gasteiger partial charge in [0.25, 0.3) is 0 Å². The van der Waals surface area contributed by atoms with Gasteiger partial charge < -0.3 is 9.47 Å². The lowest BCUT2D eigenvalue weighted by Gasteiger charge is -2.35. The fourth-order valence-corrected chi connectivity index (χ4v) is 11.6. The predicted molar refractivity (Wildman–Crippen MR) is 276 cm³/mol. The number of aromatic nitrogens is 1. The molecular weight excluding hydrogens is 797 g/mol. The summed E-state index contributed by atoms with van der Waals surface area (Å²) < 4.78 is 2.38. The maximum atomic E-state index is 2.48. The van der Waals surface area contributed by atoms with Gasteiger partial charge in [-0.2, -0.15) is 0 Å². The number of anilines is 3. The van der Waals surface area contributed by atoms with Crippen molar-refractivity contribution >= 4 is 38.7 Å². The molecule has 0 saturated heterocycles. The number of hydrogen-bond donors (Lipinski definition) is 0. The van der Waals surface area contributed by atoms with Crippen molar-refractivity contribution in [1.29, 1.82) is 0 Å². The minimum absolute atomic E-state index is 0.250. The highest BCUT2D eigenvalue weighted by atomic mass is 15.1. The highest BCUT2D eigenvalue weighted by Crippen LogP contribution is 2.58. The summed E-state index contributed by atoms with van der Waals surface area (Å²) in [6.45, 7) is 4.79. The Morgan fingerprint density at radius 2 is 0.879 bits per heavy atom.